The van der Waals surface area contributed by atoms with Gasteiger partial charge >= 0.3 is 0 Å². The van der Waals surface area contributed by atoms with E-state index in [1.807, 2.05) is 25.1 Å². The Kier molecular flexibility index (Phi) is 5.30. The van der Waals surface area contributed by atoms with E-state index >= 15 is 0 Å². The molecule has 0 bridgehead atoms. The SMILES string of the molecule is COc1cc(Br)c(C(O)c2cccc(Br)c2C)cc1OC. The topological polar surface area (TPSA) is 38.7 Å². The average Bonchev–Trinajstić information content (AvgIpc) is 2.49. The van der Waals surface area contributed by atoms with E-state index in [1.165, 1.54) is 0 Å². The molecule has 0 aliphatic heterocycles. The van der Waals surface area contributed by atoms with Crippen molar-refractivity contribution in [2.45, 2.75) is 13.0 Å². The van der Waals surface area contributed by atoms with E-state index in [0.717, 1.165) is 25.6 Å². The van der Waals surface area contributed by atoms with Crippen molar-refractivity contribution in [3.8, 4) is 11.5 Å². The smallest absolute Gasteiger partial charge is 0.161 e. The second-order valence-corrected chi connectivity index (χ2v) is 6.29. The summed E-state index contributed by atoms with van der Waals surface area (Å²) in [7, 11) is 3.16. The summed E-state index contributed by atoms with van der Waals surface area (Å²) in [4.78, 5) is 0. The molecule has 0 aliphatic carbocycles. The average molecular weight is 416 g/mol. The maximum Gasteiger partial charge on any atom is 0.161 e. The molecule has 0 spiro atoms. The van der Waals surface area contributed by atoms with Crippen LogP contribution < -0.4 is 9.47 Å². The van der Waals surface area contributed by atoms with E-state index in [2.05, 4.69) is 31.9 Å². The number of halogens is 2. The highest BCUT2D eigenvalue weighted by atomic mass is 79.9. The third-order valence-corrected chi connectivity index (χ3v) is 4.95. The Morgan fingerprint density at radius 3 is 2.19 bits per heavy atom. The fraction of sp³-hybridized carbons (Fsp3) is 0.250. The molecular weight excluding hydrogens is 400 g/mol. The summed E-state index contributed by atoms with van der Waals surface area (Å²) < 4.78 is 12.3. The standard InChI is InChI=1S/C16H16Br2O3/c1-9-10(5-4-6-12(9)17)16(19)11-7-14(20-2)15(21-3)8-13(11)18/h4-8,16,19H,1-3H3. The summed E-state index contributed by atoms with van der Waals surface area (Å²) in [5.74, 6) is 1.20. The molecule has 3 nitrogen and oxygen atoms in total. The molecule has 1 atom stereocenters. The summed E-state index contributed by atoms with van der Waals surface area (Å²) >= 11 is 6.97. The first-order chi connectivity index (χ1) is 9.99. The van der Waals surface area contributed by atoms with Crippen molar-refractivity contribution in [3.05, 3.63) is 56.0 Å². The van der Waals surface area contributed by atoms with Crippen LogP contribution in [0.25, 0.3) is 0 Å². The number of methoxy groups -OCH3 is 2. The summed E-state index contributed by atoms with van der Waals surface area (Å²) in [5, 5.41) is 10.7. The van der Waals surface area contributed by atoms with Crippen LogP contribution >= 0.6 is 31.9 Å². The second-order valence-electron chi connectivity index (χ2n) is 4.59. The van der Waals surface area contributed by atoms with Gasteiger partial charge < -0.3 is 14.6 Å². The zero-order valence-corrected chi connectivity index (χ0v) is 15.2. The Morgan fingerprint density at radius 1 is 0.952 bits per heavy atom. The zero-order chi connectivity index (χ0) is 15.6. The van der Waals surface area contributed by atoms with E-state index in [0.29, 0.717) is 11.5 Å². The summed E-state index contributed by atoms with van der Waals surface area (Å²) in [5.41, 5.74) is 2.58. The third-order valence-electron chi connectivity index (χ3n) is 3.40. The van der Waals surface area contributed by atoms with Gasteiger partial charge in [0, 0.05) is 14.5 Å². The molecule has 2 aromatic carbocycles. The molecule has 21 heavy (non-hydrogen) atoms. The highest BCUT2D eigenvalue weighted by Crippen LogP contribution is 2.39. The quantitative estimate of drug-likeness (QED) is 0.791. The van der Waals surface area contributed by atoms with Gasteiger partial charge in [0.25, 0.3) is 0 Å². The molecule has 0 fully saturated rings. The predicted molar refractivity (Wildman–Crippen MR) is 90.2 cm³/mol. The monoisotopic (exact) mass is 414 g/mol. The van der Waals surface area contributed by atoms with E-state index in [1.54, 1.807) is 26.4 Å². The van der Waals surface area contributed by atoms with Gasteiger partial charge in [-0.3, -0.25) is 0 Å². The molecule has 0 saturated carbocycles. The molecule has 2 aromatic rings. The summed E-state index contributed by atoms with van der Waals surface area (Å²) in [6.45, 7) is 1.97. The van der Waals surface area contributed by atoms with Crippen molar-refractivity contribution in [1.29, 1.82) is 0 Å². The Bertz CT molecular complexity index is 656. The molecular formula is C16H16Br2O3. The predicted octanol–water partition coefficient (Wildman–Crippen LogP) is 4.62. The number of benzene rings is 2. The van der Waals surface area contributed by atoms with Crippen LogP contribution in [-0.4, -0.2) is 19.3 Å². The fourth-order valence-corrected chi connectivity index (χ4v) is 3.09. The molecule has 0 radical (unpaired) electrons. The Balaban J connectivity index is 2.53. The first-order valence-electron chi connectivity index (χ1n) is 6.34. The van der Waals surface area contributed by atoms with Gasteiger partial charge in [-0.25, -0.2) is 0 Å². The van der Waals surface area contributed by atoms with Gasteiger partial charge in [-0.2, -0.15) is 0 Å². The van der Waals surface area contributed by atoms with Crippen molar-refractivity contribution in [2.24, 2.45) is 0 Å². The molecule has 0 saturated heterocycles. The van der Waals surface area contributed by atoms with Crippen LogP contribution in [0.4, 0.5) is 0 Å². The Hall–Kier alpha value is -1.04. The molecule has 2 rings (SSSR count). The van der Waals surface area contributed by atoms with Crippen molar-refractivity contribution in [3.63, 3.8) is 0 Å². The summed E-state index contributed by atoms with van der Waals surface area (Å²) in [6.07, 6.45) is -0.753. The van der Waals surface area contributed by atoms with Crippen LogP contribution in [-0.2, 0) is 0 Å². The Morgan fingerprint density at radius 2 is 1.57 bits per heavy atom. The van der Waals surface area contributed by atoms with E-state index in [9.17, 15) is 5.11 Å². The van der Waals surface area contributed by atoms with Crippen LogP contribution in [0.5, 0.6) is 11.5 Å². The van der Waals surface area contributed by atoms with Crippen LogP contribution in [0.2, 0.25) is 0 Å². The van der Waals surface area contributed by atoms with Crippen LogP contribution in [0.1, 0.15) is 22.8 Å². The molecule has 5 heteroatoms. The molecule has 1 unspecified atom stereocenters. The van der Waals surface area contributed by atoms with Crippen molar-refractivity contribution < 1.29 is 14.6 Å². The number of hydrogen-bond acceptors (Lipinski definition) is 3. The van der Waals surface area contributed by atoms with Gasteiger partial charge in [0.15, 0.2) is 11.5 Å². The molecule has 0 aromatic heterocycles. The molecule has 0 amide bonds. The normalized spacial score (nSPS) is 12.1. The van der Waals surface area contributed by atoms with Crippen LogP contribution in [0.3, 0.4) is 0 Å². The lowest BCUT2D eigenvalue weighted by molar-refractivity contribution is 0.218. The van der Waals surface area contributed by atoms with Gasteiger partial charge in [-0.1, -0.05) is 44.0 Å². The highest BCUT2D eigenvalue weighted by molar-refractivity contribution is 9.10. The molecule has 112 valence electrons. The molecule has 0 heterocycles. The van der Waals surface area contributed by atoms with Crippen LogP contribution in [0.15, 0.2) is 39.3 Å². The first kappa shape index (κ1) is 16.3. The largest absolute Gasteiger partial charge is 0.493 e. The van der Waals surface area contributed by atoms with Gasteiger partial charge in [-0.15, -0.1) is 0 Å². The lowest BCUT2D eigenvalue weighted by atomic mass is 9.97. The number of aliphatic hydroxyl groups excluding tert-OH is 1. The van der Waals surface area contributed by atoms with Gasteiger partial charge in [0.2, 0.25) is 0 Å². The van der Waals surface area contributed by atoms with Gasteiger partial charge in [0.1, 0.15) is 6.10 Å². The maximum absolute atomic E-state index is 10.7. The van der Waals surface area contributed by atoms with Crippen molar-refractivity contribution in [2.75, 3.05) is 14.2 Å². The van der Waals surface area contributed by atoms with Crippen molar-refractivity contribution >= 4 is 31.9 Å². The zero-order valence-electron chi connectivity index (χ0n) is 12.0. The third kappa shape index (κ3) is 3.25. The number of ether oxygens (including phenoxy) is 2. The minimum absolute atomic E-state index is 0.586. The number of rotatable bonds is 4. The van der Waals surface area contributed by atoms with E-state index in [-0.39, 0.29) is 0 Å². The van der Waals surface area contributed by atoms with Gasteiger partial charge in [-0.05, 0) is 36.2 Å². The molecule has 1 N–H and O–H groups in total. The number of aliphatic hydroxyl groups is 1. The fourth-order valence-electron chi connectivity index (χ4n) is 2.17. The van der Waals surface area contributed by atoms with Gasteiger partial charge in [0.05, 0.1) is 14.2 Å². The first-order valence-corrected chi connectivity index (χ1v) is 7.92. The maximum atomic E-state index is 10.7. The highest BCUT2D eigenvalue weighted by Gasteiger charge is 2.19. The minimum atomic E-state index is -0.753. The minimum Gasteiger partial charge on any atom is -0.493 e. The summed E-state index contributed by atoms with van der Waals surface area (Å²) in [6, 6.07) is 9.35. The van der Waals surface area contributed by atoms with E-state index in [4.69, 9.17) is 9.47 Å². The molecule has 0 aliphatic rings. The number of hydrogen-bond donors (Lipinski definition) is 1. The van der Waals surface area contributed by atoms with E-state index < -0.39 is 6.10 Å². The second kappa shape index (κ2) is 6.81. The Labute approximate surface area is 141 Å². The lowest BCUT2D eigenvalue weighted by Crippen LogP contribution is -2.04. The van der Waals surface area contributed by atoms with Crippen molar-refractivity contribution in [1.82, 2.24) is 0 Å². The lowest BCUT2D eigenvalue weighted by Gasteiger charge is -2.18. The van der Waals surface area contributed by atoms with Crippen LogP contribution in [0, 0.1) is 6.92 Å².